The van der Waals surface area contributed by atoms with Crippen LogP contribution in [0.2, 0.25) is 0 Å². The highest BCUT2D eigenvalue weighted by atomic mass is 16.6. The fourth-order valence-corrected chi connectivity index (χ4v) is 3.03. The Kier molecular flexibility index (Phi) is 9.16. The molecule has 25 heavy (non-hydrogen) atoms. The Morgan fingerprint density at radius 1 is 1.08 bits per heavy atom. The number of carbonyl (C=O) groups is 1. The van der Waals surface area contributed by atoms with Crippen molar-refractivity contribution in [2.24, 2.45) is 7.05 Å². The molecule has 7 heteroatoms. The standard InChI is InChI=1S/C18H32N4O3/c1-5-7-9-11-13-21(14-12-10-8-6-2)18(23)17-16(22(24)25)15(3)19-20(17)4/h5-14H2,1-4H3. The smallest absolute Gasteiger partial charge is 0.322 e. The normalized spacial score (nSPS) is 10.9. The summed E-state index contributed by atoms with van der Waals surface area (Å²) in [5, 5.41) is 15.4. The number of aryl methyl sites for hydroxylation is 2. The third-order valence-electron chi connectivity index (χ3n) is 4.43. The Morgan fingerprint density at radius 2 is 1.60 bits per heavy atom. The molecule has 1 rings (SSSR count). The Bertz CT molecular complexity index is 557. The number of rotatable bonds is 12. The van der Waals surface area contributed by atoms with Crippen LogP contribution >= 0.6 is 0 Å². The minimum atomic E-state index is -0.498. The van der Waals surface area contributed by atoms with E-state index in [-0.39, 0.29) is 23.0 Å². The monoisotopic (exact) mass is 352 g/mol. The van der Waals surface area contributed by atoms with Gasteiger partial charge in [0.15, 0.2) is 0 Å². The van der Waals surface area contributed by atoms with Crippen molar-refractivity contribution in [2.75, 3.05) is 13.1 Å². The minimum absolute atomic E-state index is 0.0912. The van der Waals surface area contributed by atoms with Crippen molar-refractivity contribution in [2.45, 2.75) is 72.1 Å². The number of amides is 1. The highest BCUT2D eigenvalue weighted by Gasteiger charge is 2.31. The molecule has 0 bridgehead atoms. The second-order valence-corrected chi connectivity index (χ2v) is 6.58. The molecule has 1 aromatic rings. The zero-order valence-corrected chi connectivity index (χ0v) is 16.1. The lowest BCUT2D eigenvalue weighted by Crippen LogP contribution is -2.34. The van der Waals surface area contributed by atoms with Crippen molar-refractivity contribution in [1.82, 2.24) is 14.7 Å². The Balaban J connectivity index is 2.91. The van der Waals surface area contributed by atoms with Gasteiger partial charge in [0.2, 0.25) is 5.69 Å². The van der Waals surface area contributed by atoms with Crippen LogP contribution < -0.4 is 0 Å². The lowest BCUT2D eigenvalue weighted by molar-refractivity contribution is -0.385. The van der Waals surface area contributed by atoms with Crippen LogP contribution in [-0.2, 0) is 7.05 Å². The molecule has 1 aromatic heterocycles. The van der Waals surface area contributed by atoms with Gasteiger partial charge in [0, 0.05) is 20.1 Å². The van der Waals surface area contributed by atoms with Gasteiger partial charge in [0.05, 0.1) is 4.92 Å². The van der Waals surface area contributed by atoms with E-state index >= 15 is 0 Å². The van der Waals surface area contributed by atoms with Crippen LogP contribution in [0, 0.1) is 17.0 Å². The predicted octanol–water partition coefficient (Wildman–Crippen LogP) is 4.24. The minimum Gasteiger partial charge on any atom is -0.337 e. The molecule has 0 fully saturated rings. The first kappa shape index (κ1) is 21.1. The number of hydrogen-bond donors (Lipinski definition) is 0. The average Bonchev–Trinajstić information content (AvgIpc) is 2.87. The van der Waals surface area contributed by atoms with Gasteiger partial charge in [-0.05, 0) is 19.8 Å². The maximum Gasteiger partial charge on any atom is 0.322 e. The maximum atomic E-state index is 13.0. The topological polar surface area (TPSA) is 81.3 Å². The summed E-state index contributed by atoms with van der Waals surface area (Å²) in [6.45, 7) is 7.16. The van der Waals surface area contributed by atoms with Crippen LogP contribution in [0.25, 0.3) is 0 Å². The molecule has 0 aromatic carbocycles. The summed E-state index contributed by atoms with van der Waals surface area (Å²) in [6.07, 6.45) is 8.55. The molecule has 0 unspecified atom stereocenters. The van der Waals surface area contributed by atoms with Crippen LogP contribution in [0.4, 0.5) is 5.69 Å². The SMILES string of the molecule is CCCCCCN(CCCCCC)C(=O)c1c([N+](=O)[O-])c(C)nn1C. The van der Waals surface area contributed by atoms with E-state index in [1.807, 2.05) is 0 Å². The second kappa shape index (κ2) is 10.8. The number of nitrogens with zero attached hydrogens (tertiary/aromatic N) is 4. The third kappa shape index (κ3) is 6.14. The fourth-order valence-electron chi connectivity index (χ4n) is 3.03. The van der Waals surface area contributed by atoms with Gasteiger partial charge >= 0.3 is 5.69 Å². The molecule has 0 aliphatic heterocycles. The number of hydrogen-bond acceptors (Lipinski definition) is 4. The Labute approximate surface area is 150 Å². The molecular formula is C18H32N4O3. The van der Waals surface area contributed by atoms with Gasteiger partial charge < -0.3 is 4.90 Å². The zero-order chi connectivity index (χ0) is 18.8. The van der Waals surface area contributed by atoms with Crippen molar-refractivity contribution in [3.8, 4) is 0 Å². The molecule has 0 aliphatic rings. The highest BCUT2D eigenvalue weighted by Crippen LogP contribution is 2.24. The molecule has 0 atom stereocenters. The van der Waals surface area contributed by atoms with Gasteiger partial charge in [-0.1, -0.05) is 52.4 Å². The van der Waals surface area contributed by atoms with Gasteiger partial charge in [0.1, 0.15) is 5.69 Å². The van der Waals surface area contributed by atoms with E-state index < -0.39 is 4.92 Å². The van der Waals surface area contributed by atoms with Gasteiger partial charge in [-0.15, -0.1) is 0 Å². The predicted molar refractivity (Wildman–Crippen MR) is 98.8 cm³/mol. The van der Waals surface area contributed by atoms with Crippen LogP contribution in [0.3, 0.4) is 0 Å². The molecule has 1 amide bonds. The summed E-state index contributed by atoms with van der Waals surface area (Å²) in [7, 11) is 1.60. The van der Waals surface area contributed by atoms with Crippen molar-refractivity contribution in [3.63, 3.8) is 0 Å². The van der Waals surface area contributed by atoms with Crippen LogP contribution in [-0.4, -0.2) is 38.6 Å². The molecule has 7 nitrogen and oxygen atoms in total. The summed E-state index contributed by atoms with van der Waals surface area (Å²) in [5.41, 5.74) is 0.209. The van der Waals surface area contributed by atoms with Crippen LogP contribution in [0.5, 0.6) is 0 Å². The molecule has 0 spiro atoms. The van der Waals surface area contributed by atoms with E-state index in [4.69, 9.17) is 0 Å². The van der Waals surface area contributed by atoms with Crippen molar-refractivity contribution in [1.29, 1.82) is 0 Å². The molecule has 0 radical (unpaired) electrons. The van der Waals surface area contributed by atoms with Crippen molar-refractivity contribution < 1.29 is 9.72 Å². The number of unbranched alkanes of at least 4 members (excludes halogenated alkanes) is 6. The van der Waals surface area contributed by atoms with E-state index in [0.717, 1.165) is 51.4 Å². The van der Waals surface area contributed by atoms with E-state index in [1.165, 1.54) is 4.68 Å². The average molecular weight is 352 g/mol. The first-order chi connectivity index (χ1) is 11.9. The fraction of sp³-hybridized carbons (Fsp3) is 0.778. The van der Waals surface area contributed by atoms with Gasteiger partial charge in [-0.25, -0.2) is 0 Å². The summed E-state index contributed by atoms with van der Waals surface area (Å²) >= 11 is 0. The largest absolute Gasteiger partial charge is 0.337 e. The van der Waals surface area contributed by atoms with E-state index in [0.29, 0.717) is 13.1 Å². The molecule has 1 heterocycles. The lowest BCUT2D eigenvalue weighted by Gasteiger charge is -2.22. The number of aromatic nitrogens is 2. The second-order valence-electron chi connectivity index (χ2n) is 6.58. The summed E-state index contributed by atoms with van der Waals surface area (Å²) in [4.78, 5) is 25.6. The molecule has 0 N–H and O–H groups in total. The Morgan fingerprint density at radius 3 is 2.04 bits per heavy atom. The van der Waals surface area contributed by atoms with E-state index in [1.54, 1.807) is 18.9 Å². The van der Waals surface area contributed by atoms with Crippen molar-refractivity contribution in [3.05, 3.63) is 21.5 Å². The number of carbonyl (C=O) groups excluding carboxylic acids is 1. The lowest BCUT2D eigenvalue weighted by atomic mass is 10.1. The molecule has 0 saturated carbocycles. The third-order valence-corrected chi connectivity index (χ3v) is 4.43. The van der Waals surface area contributed by atoms with Gasteiger partial charge in [-0.2, -0.15) is 5.10 Å². The molecule has 0 aliphatic carbocycles. The first-order valence-electron chi connectivity index (χ1n) is 9.41. The summed E-state index contributed by atoms with van der Waals surface area (Å²) < 4.78 is 1.35. The van der Waals surface area contributed by atoms with Crippen LogP contribution in [0.15, 0.2) is 0 Å². The zero-order valence-electron chi connectivity index (χ0n) is 16.1. The van der Waals surface area contributed by atoms with Crippen molar-refractivity contribution >= 4 is 11.6 Å². The van der Waals surface area contributed by atoms with Gasteiger partial charge in [0.25, 0.3) is 5.91 Å². The summed E-state index contributed by atoms with van der Waals surface area (Å²) in [6, 6.07) is 0. The Hall–Kier alpha value is -1.92. The first-order valence-corrected chi connectivity index (χ1v) is 9.41. The molecule has 0 saturated heterocycles. The summed E-state index contributed by atoms with van der Waals surface area (Å²) in [5.74, 6) is -0.275. The van der Waals surface area contributed by atoms with E-state index in [2.05, 4.69) is 18.9 Å². The quantitative estimate of drug-likeness (QED) is 0.320. The van der Waals surface area contributed by atoms with Gasteiger partial charge in [-0.3, -0.25) is 19.6 Å². The number of nitro groups is 1. The highest BCUT2D eigenvalue weighted by molar-refractivity contribution is 5.96. The maximum absolute atomic E-state index is 13.0. The van der Waals surface area contributed by atoms with Crippen LogP contribution in [0.1, 0.15) is 81.4 Å². The molecule has 142 valence electrons. The molecular weight excluding hydrogens is 320 g/mol. The van der Waals surface area contributed by atoms with E-state index in [9.17, 15) is 14.9 Å².